The summed E-state index contributed by atoms with van der Waals surface area (Å²) in [6.07, 6.45) is 0.649. The summed E-state index contributed by atoms with van der Waals surface area (Å²) in [6.45, 7) is 4.65. The molecule has 0 bridgehead atoms. The Morgan fingerprint density at radius 2 is 2.00 bits per heavy atom. The number of methoxy groups -OCH3 is 2. The van der Waals surface area contributed by atoms with Crippen molar-refractivity contribution in [2.45, 2.75) is 26.2 Å². The van der Waals surface area contributed by atoms with Crippen LogP contribution in [0.2, 0.25) is 0 Å². The van der Waals surface area contributed by atoms with Gasteiger partial charge in [-0.25, -0.2) is 0 Å². The Morgan fingerprint density at radius 3 is 2.58 bits per heavy atom. The van der Waals surface area contributed by atoms with E-state index in [4.69, 9.17) is 9.47 Å². The van der Waals surface area contributed by atoms with Gasteiger partial charge >= 0.3 is 0 Å². The number of ether oxygens (including phenoxy) is 2. The molecule has 0 fully saturated rings. The van der Waals surface area contributed by atoms with Crippen molar-refractivity contribution in [3.05, 3.63) is 41.2 Å². The molecule has 6 nitrogen and oxygen atoms in total. The number of hydrogen-bond donors (Lipinski definition) is 1. The van der Waals surface area contributed by atoms with Gasteiger partial charge in [0.1, 0.15) is 17.2 Å². The molecule has 2 rings (SSSR count). The Hall–Kier alpha value is -2.50. The Bertz CT molecular complexity index is 708. The monoisotopic (exact) mass is 331 g/mol. The molecule has 0 radical (unpaired) electrons. The minimum Gasteiger partial charge on any atom is -0.497 e. The molecule has 1 heterocycles. The minimum absolute atomic E-state index is 0.167. The zero-order chi connectivity index (χ0) is 17.7. The molecule has 6 heteroatoms. The third-order valence-electron chi connectivity index (χ3n) is 3.91. The van der Waals surface area contributed by atoms with Crippen molar-refractivity contribution in [2.24, 2.45) is 7.05 Å². The van der Waals surface area contributed by atoms with Gasteiger partial charge in [-0.15, -0.1) is 0 Å². The molecule has 1 aromatic heterocycles. The average Bonchev–Trinajstić information content (AvgIpc) is 2.96. The molecule has 1 N–H and O–H groups in total. The highest BCUT2D eigenvalue weighted by Gasteiger charge is 2.14. The number of rotatable bonds is 7. The van der Waals surface area contributed by atoms with Gasteiger partial charge in [-0.3, -0.25) is 9.48 Å². The number of amides is 1. The molecule has 0 aliphatic heterocycles. The van der Waals surface area contributed by atoms with Crippen molar-refractivity contribution in [1.82, 2.24) is 15.1 Å². The first-order valence-electron chi connectivity index (χ1n) is 7.99. The summed E-state index contributed by atoms with van der Waals surface area (Å²) in [5.74, 6) is 1.71. The fourth-order valence-corrected chi connectivity index (χ4v) is 2.61. The van der Waals surface area contributed by atoms with E-state index in [1.54, 1.807) is 18.9 Å². The number of aromatic nitrogens is 2. The number of nitrogens with zero attached hydrogens (tertiary/aromatic N) is 2. The van der Waals surface area contributed by atoms with E-state index < -0.39 is 0 Å². The molecule has 2 aromatic rings. The second kappa shape index (κ2) is 7.86. The van der Waals surface area contributed by atoms with Crippen molar-refractivity contribution >= 4 is 5.91 Å². The lowest BCUT2D eigenvalue weighted by atomic mass is 10.1. The van der Waals surface area contributed by atoms with Gasteiger partial charge in [0, 0.05) is 19.3 Å². The van der Waals surface area contributed by atoms with Gasteiger partial charge in [0.05, 0.1) is 14.2 Å². The first-order chi connectivity index (χ1) is 11.5. The topological polar surface area (TPSA) is 65.4 Å². The third-order valence-corrected chi connectivity index (χ3v) is 3.91. The van der Waals surface area contributed by atoms with E-state index in [9.17, 15) is 4.79 Å². The Kier molecular flexibility index (Phi) is 5.84. The number of hydrogen-bond acceptors (Lipinski definition) is 4. The van der Waals surface area contributed by atoms with Crippen LogP contribution in [0.15, 0.2) is 24.3 Å². The lowest BCUT2D eigenvalue weighted by molar-refractivity contribution is 0.0948. The molecular formula is C18H25N3O3. The van der Waals surface area contributed by atoms with Gasteiger partial charge < -0.3 is 14.8 Å². The van der Waals surface area contributed by atoms with Crippen molar-refractivity contribution in [1.29, 1.82) is 0 Å². The highest BCUT2D eigenvalue weighted by molar-refractivity contribution is 5.92. The number of carbonyl (C=O) groups is 1. The van der Waals surface area contributed by atoms with Crippen LogP contribution in [0.5, 0.6) is 11.5 Å². The van der Waals surface area contributed by atoms with E-state index in [1.165, 1.54) is 0 Å². The minimum atomic E-state index is -0.167. The molecule has 0 aliphatic rings. The highest BCUT2D eigenvalue weighted by atomic mass is 16.5. The molecule has 0 atom stereocenters. The molecule has 1 aromatic carbocycles. The van der Waals surface area contributed by atoms with Crippen LogP contribution in [0, 0.1) is 0 Å². The van der Waals surface area contributed by atoms with Crippen LogP contribution < -0.4 is 14.8 Å². The molecule has 130 valence electrons. The summed E-state index contributed by atoms with van der Waals surface area (Å²) in [4.78, 5) is 12.3. The van der Waals surface area contributed by atoms with E-state index in [-0.39, 0.29) is 5.91 Å². The van der Waals surface area contributed by atoms with Crippen LogP contribution in [-0.4, -0.2) is 36.5 Å². The zero-order valence-corrected chi connectivity index (χ0v) is 14.9. The maximum atomic E-state index is 12.3. The van der Waals surface area contributed by atoms with Crippen LogP contribution in [0.3, 0.4) is 0 Å². The average molecular weight is 331 g/mol. The van der Waals surface area contributed by atoms with E-state index >= 15 is 0 Å². The largest absolute Gasteiger partial charge is 0.497 e. The summed E-state index contributed by atoms with van der Waals surface area (Å²) in [6, 6.07) is 7.47. The fourth-order valence-electron chi connectivity index (χ4n) is 2.61. The Morgan fingerprint density at radius 1 is 1.25 bits per heavy atom. The first kappa shape index (κ1) is 17.8. The quantitative estimate of drug-likeness (QED) is 0.847. The van der Waals surface area contributed by atoms with E-state index in [1.807, 2.05) is 31.3 Å². The predicted octanol–water partition coefficient (Wildman–Crippen LogP) is 2.53. The van der Waals surface area contributed by atoms with E-state index in [0.29, 0.717) is 24.6 Å². The maximum Gasteiger partial charge on any atom is 0.271 e. The van der Waals surface area contributed by atoms with Crippen molar-refractivity contribution in [3.8, 4) is 11.5 Å². The van der Waals surface area contributed by atoms with Gasteiger partial charge in [0.2, 0.25) is 0 Å². The van der Waals surface area contributed by atoms with Crippen LogP contribution in [0.4, 0.5) is 0 Å². The van der Waals surface area contributed by atoms with Gasteiger partial charge in [0.25, 0.3) is 5.91 Å². The molecule has 0 saturated heterocycles. The van der Waals surface area contributed by atoms with Crippen LogP contribution in [0.1, 0.15) is 41.5 Å². The van der Waals surface area contributed by atoms with Crippen LogP contribution in [-0.2, 0) is 13.5 Å². The first-order valence-corrected chi connectivity index (χ1v) is 7.99. The summed E-state index contributed by atoms with van der Waals surface area (Å²) in [5, 5.41) is 7.18. The second-order valence-electron chi connectivity index (χ2n) is 5.92. The normalized spacial score (nSPS) is 10.8. The SMILES string of the molecule is COc1ccc(OC)c(CCNC(=O)c2cc(C(C)C)n(C)n2)c1. The lowest BCUT2D eigenvalue weighted by Gasteiger charge is -2.10. The van der Waals surface area contributed by atoms with E-state index in [2.05, 4.69) is 24.3 Å². The zero-order valence-electron chi connectivity index (χ0n) is 14.9. The molecule has 0 saturated carbocycles. The molecule has 0 aliphatic carbocycles. The molecule has 0 unspecified atom stereocenters. The van der Waals surface area contributed by atoms with Crippen LogP contribution in [0.25, 0.3) is 0 Å². The lowest BCUT2D eigenvalue weighted by Crippen LogP contribution is -2.26. The summed E-state index contributed by atoms with van der Waals surface area (Å²) < 4.78 is 12.3. The molecule has 24 heavy (non-hydrogen) atoms. The van der Waals surface area contributed by atoms with Gasteiger partial charge in [-0.2, -0.15) is 5.10 Å². The standard InChI is InChI=1S/C18H25N3O3/c1-12(2)16-11-15(20-21(16)3)18(22)19-9-8-13-10-14(23-4)6-7-17(13)24-5/h6-7,10-12H,8-9H2,1-5H3,(H,19,22). The van der Waals surface area contributed by atoms with Gasteiger partial charge in [-0.1, -0.05) is 13.8 Å². The maximum absolute atomic E-state index is 12.3. The van der Waals surface area contributed by atoms with Crippen molar-refractivity contribution < 1.29 is 14.3 Å². The smallest absolute Gasteiger partial charge is 0.271 e. The van der Waals surface area contributed by atoms with Crippen molar-refractivity contribution in [3.63, 3.8) is 0 Å². The highest BCUT2D eigenvalue weighted by Crippen LogP contribution is 2.24. The van der Waals surface area contributed by atoms with Crippen LogP contribution >= 0.6 is 0 Å². The number of aryl methyl sites for hydroxylation is 1. The number of nitrogens with one attached hydrogen (secondary N) is 1. The second-order valence-corrected chi connectivity index (χ2v) is 5.92. The third kappa shape index (κ3) is 4.07. The summed E-state index contributed by atoms with van der Waals surface area (Å²) in [5.41, 5.74) is 2.47. The summed E-state index contributed by atoms with van der Waals surface area (Å²) in [7, 11) is 5.11. The van der Waals surface area contributed by atoms with Crippen molar-refractivity contribution in [2.75, 3.05) is 20.8 Å². The fraction of sp³-hybridized carbons (Fsp3) is 0.444. The van der Waals surface area contributed by atoms with Gasteiger partial charge in [0.15, 0.2) is 0 Å². The Labute approximate surface area is 142 Å². The van der Waals surface area contributed by atoms with E-state index in [0.717, 1.165) is 22.8 Å². The van der Waals surface area contributed by atoms with Gasteiger partial charge in [-0.05, 0) is 42.2 Å². The molecule has 0 spiro atoms. The Balaban J connectivity index is 1.99. The predicted molar refractivity (Wildman–Crippen MR) is 92.9 cm³/mol. The molecule has 1 amide bonds. The number of benzene rings is 1. The summed E-state index contributed by atoms with van der Waals surface area (Å²) >= 11 is 0. The number of carbonyl (C=O) groups excluding carboxylic acids is 1. The molecular weight excluding hydrogens is 306 g/mol.